The Labute approximate surface area is 180 Å². The summed E-state index contributed by atoms with van der Waals surface area (Å²) in [5.74, 6) is -0.211. The van der Waals surface area contributed by atoms with Gasteiger partial charge in [0.15, 0.2) is 10.6 Å². The summed E-state index contributed by atoms with van der Waals surface area (Å²) in [6.45, 7) is -1.70. The van der Waals surface area contributed by atoms with Crippen LogP contribution < -0.4 is 0 Å². The highest BCUT2D eigenvalue weighted by Gasteiger charge is 2.32. The van der Waals surface area contributed by atoms with Crippen LogP contribution in [0.5, 0.6) is 0 Å². The third-order valence-corrected chi connectivity index (χ3v) is 5.46. The average Bonchev–Trinajstić information content (AvgIpc) is 3.31. The van der Waals surface area contributed by atoms with Crippen molar-refractivity contribution in [1.82, 2.24) is 19.2 Å². The van der Waals surface area contributed by atoms with Gasteiger partial charge in [-0.1, -0.05) is 36.4 Å². The molecule has 0 aliphatic rings. The number of carbonyl (C=O) groups is 1. The van der Waals surface area contributed by atoms with Crippen molar-refractivity contribution in [3.05, 3.63) is 58.2 Å². The predicted molar refractivity (Wildman–Crippen MR) is 110 cm³/mol. The van der Waals surface area contributed by atoms with Gasteiger partial charge in [0.2, 0.25) is 0 Å². The van der Waals surface area contributed by atoms with E-state index in [1.807, 2.05) is 47.8 Å². The molecule has 3 aromatic rings. The lowest BCUT2D eigenvalue weighted by Crippen LogP contribution is -2.39. The Bertz CT molecular complexity index is 1030. The van der Waals surface area contributed by atoms with E-state index in [-0.39, 0.29) is 11.4 Å². The van der Waals surface area contributed by atoms with E-state index >= 15 is 0 Å². The molecule has 0 aliphatic carbocycles. The summed E-state index contributed by atoms with van der Waals surface area (Å²) in [7, 11) is 1.13. The number of rotatable bonds is 8. The highest BCUT2D eigenvalue weighted by atomic mass is 32.1. The Balaban J connectivity index is 1.96. The lowest BCUT2D eigenvalue weighted by Gasteiger charge is -2.22. The van der Waals surface area contributed by atoms with E-state index in [9.17, 15) is 18.0 Å². The number of hydrogen-bond donors (Lipinski definition) is 0. The van der Waals surface area contributed by atoms with E-state index in [0.717, 1.165) is 22.5 Å². The first-order valence-electron chi connectivity index (χ1n) is 8.88. The molecule has 0 radical (unpaired) electrons. The second-order valence-corrected chi connectivity index (χ2v) is 7.79. The molecule has 0 amide bonds. The van der Waals surface area contributed by atoms with Crippen LogP contribution >= 0.6 is 23.6 Å². The van der Waals surface area contributed by atoms with Crippen LogP contribution in [0.4, 0.5) is 13.2 Å². The molecule has 11 heteroatoms. The molecule has 0 unspecified atom stereocenters. The lowest BCUT2D eigenvalue weighted by molar-refractivity contribution is -0.158. The van der Waals surface area contributed by atoms with E-state index in [4.69, 9.17) is 12.2 Å². The summed E-state index contributed by atoms with van der Waals surface area (Å²) in [4.78, 5) is 13.3. The lowest BCUT2D eigenvalue weighted by atomic mass is 10.2. The highest BCUT2D eigenvalue weighted by Crippen LogP contribution is 2.25. The second-order valence-electron chi connectivity index (χ2n) is 6.47. The number of aromatic nitrogens is 3. The highest BCUT2D eigenvalue weighted by molar-refractivity contribution is 7.71. The van der Waals surface area contributed by atoms with Crippen LogP contribution in [-0.2, 0) is 22.7 Å². The molecule has 2 heterocycles. The van der Waals surface area contributed by atoms with Gasteiger partial charge in [0.25, 0.3) is 0 Å². The van der Waals surface area contributed by atoms with Gasteiger partial charge in [-0.2, -0.15) is 13.2 Å². The molecule has 2 aromatic heterocycles. The Hall–Kier alpha value is -2.50. The third-order valence-electron chi connectivity index (χ3n) is 4.17. The number of benzene rings is 1. The summed E-state index contributed by atoms with van der Waals surface area (Å²) in [6, 6.07) is 13.3. The molecule has 30 heavy (non-hydrogen) atoms. The van der Waals surface area contributed by atoms with Crippen LogP contribution in [0, 0.1) is 4.77 Å². The Morgan fingerprint density at radius 2 is 1.97 bits per heavy atom. The monoisotopic (exact) mass is 456 g/mol. The van der Waals surface area contributed by atoms with Crippen molar-refractivity contribution < 1.29 is 22.7 Å². The molecule has 0 saturated heterocycles. The molecule has 0 aliphatic heterocycles. The number of nitrogens with zero attached hydrogens (tertiary/aromatic N) is 4. The number of halogens is 3. The number of alkyl halides is 3. The quantitative estimate of drug-likeness (QED) is 0.376. The van der Waals surface area contributed by atoms with E-state index in [1.165, 1.54) is 16.0 Å². The van der Waals surface area contributed by atoms with Gasteiger partial charge in [0.1, 0.15) is 0 Å². The fourth-order valence-electron chi connectivity index (χ4n) is 2.88. The number of hydrogen-bond acceptors (Lipinski definition) is 6. The molecule has 6 nitrogen and oxygen atoms in total. The molecule has 0 atom stereocenters. The zero-order valence-corrected chi connectivity index (χ0v) is 17.6. The Morgan fingerprint density at radius 1 is 1.23 bits per heavy atom. The van der Waals surface area contributed by atoms with Crippen LogP contribution in [0.2, 0.25) is 0 Å². The molecule has 0 saturated carbocycles. The van der Waals surface area contributed by atoms with Gasteiger partial charge in [-0.05, 0) is 29.2 Å². The molecule has 3 rings (SSSR count). The van der Waals surface area contributed by atoms with Gasteiger partial charge >= 0.3 is 12.1 Å². The largest absolute Gasteiger partial charge is 0.468 e. The number of esters is 1. The predicted octanol–water partition coefficient (Wildman–Crippen LogP) is 4.19. The zero-order chi connectivity index (χ0) is 21.7. The summed E-state index contributed by atoms with van der Waals surface area (Å²) in [6.07, 6.45) is -4.49. The van der Waals surface area contributed by atoms with Crippen molar-refractivity contribution in [3.63, 3.8) is 0 Å². The number of ether oxygens (including phenoxy) is 1. The zero-order valence-electron chi connectivity index (χ0n) is 16.0. The van der Waals surface area contributed by atoms with Gasteiger partial charge in [-0.15, -0.1) is 16.4 Å². The van der Waals surface area contributed by atoms with Crippen LogP contribution in [0.25, 0.3) is 10.7 Å². The molecule has 0 fully saturated rings. The molecule has 0 spiro atoms. The van der Waals surface area contributed by atoms with Crippen LogP contribution in [0.3, 0.4) is 0 Å². The van der Waals surface area contributed by atoms with E-state index in [0.29, 0.717) is 12.4 Å². The molecule has 1 aromatic carbocycles. The van der Waals surface area contributed by atoms with Gasteiger partial charge in [0, 0.05) is 0 Å². The van der Waals surface area contributed by atoms with Crippen molar-refractivity contribution >= 4 is 29.5 Å². The first-order chi connectivity index (χ1) is 14.3. The smallest absolute Gasteiger partial charge is 0.401 e. The maximum absolute atomic E-state index is 13.0. The maximum atomic E-state index is 13.0. The second kappa shape index (κ2) is 9.54. The van der Waals surface area contributed by atoms with Crippen molar-refractivity contribution in [2.75, 3.05) is 20.2 Å². The van der Waals surface area contributed by atoms with Gasteiger partial charge in [-0.3, -0.25) is 14.3 Å². The number of carbonyl (C=O) groups excluding carboxylic acids is 1. The first-order valence-corrected chi connectivity index (χ1v) is 10.2. The molecule has 160 valence electrons. The summed E-state index contributed by atoms with van der Waals surface area (Å²) >= 11 is 6.99. The van der Waals surface area contributed by atoms with Gasteiger partial charge in [0.05, 0.1) is 38.3 Å². The van der Waals surface area contributed by atoms with E-state index in [2.05, 4.69) is 9.84 Å². The fraction of sp³-hybridized carbons (Fsp3) is 0.316. The minimum Gasteiger partial charge on any atom is -0.468 e. The summed E-state index contributed by atoms with van der Waals surface area (Å²) < 4.78 is 46.9. The third kappa shape index (κ3) is 5.77. The Morgan fingerprint density at radius 3 is 2.57 bits per heavy atom. The minimum atomic E-state index is -4.49. The topological polar surface area (TPSA) is 52.3 Å². The number of methoxy groups -OCH3 is 1. The fourth-order valence-corrected chi connectivity index (χ4v) is 3.84. The van der Waals surface area contributed by atoms with Crippen LogP contribution in [-0.4, -0.2) is 51.6 Å². The van der Waals surface area contributed by atoms with E-state index in [1.54, 1.807) is 4.57 Å². The van der Waals surface area contributed by atoms with Gasteiger partial charge < -0.3 is 4.74 Å². The SMILES string of the molecule is COC(=O)CN(Cn1nc(-c2cccs2)n(Cc2ccccc2)c1=S)CC(F)(F)F. The minimum absolute atomic E-state index is 0.263. The molecular weight excluding hydrogens is 437 g/mol. The van der Waals surface area contributed by atoms with Crippen molar-refractivity contribution in [1.29, 1.82) is 0 Å². The normalized spacial score (nSPS) is 11.8. The van der Waals surface area contributed by atoms with E-state index < -0.39 is 25.2 Å². The standard InChI is InChI=1S/C19H19F3N4O2S2/c1-28-16(27)11-24(12-19(20,21)22)13-26-18(29)25(10-14-6-3-2-4-7-14)17(23-26)15-8-5-9-30-15/h2-9H,10-13H2,1H3. The average molecular weight is 457 g/mol. The Kier molecular flexibility index (Phi) is 7.06. The summed E-state index contributed by atoms with van der Waals surface area (Å²) in [5, 5.41) is 6.36. The van der Waals surface area contributed by atoms with Crippen LogP contribution in [0.1, 0.15) is 5.56 Å². The van der Waals surface area contributed by atoms with Crippen molar-refractivity contribution in [3.8, 4) is 10.7 Å². The molecule has 0 N–H and O–H groups in total. The van der Waals surface area contributed by atoms with Crippen molar-refractivity contribution in [2.24, 2.45) is 0 Å². The maximum Gasteiger partial charge on any atom is 0.401 e. The molecule has 0 bridgehead atoms. The van der Waals surface area contributed by atoms with Crippen LogP contribution in [0.15, 0.2) is 47.8 Å². The molecular formula is C19H19F3N4O2S2. The first kappa shape index (κ1) is 22.2. The number of thiophene rings is 1. The summed E-state index contributed by atoms with van der Waals surface area (Å²) in [5.41, 5.74) is 0.979. The van der Waals surface area contributed by atoms with Crippen molar-refractivity contribution in [2.45, 2.75) is 19.4 Å². The van der Waals surface area contributed by atoms with Gasteiger partial charge in [-0.25, -0.2) is 4.68 Å².